The Labute approximate surface area is 212 Å². The molecular formula is C25H24F3N5O3S. The summed E-state index contributed by atoms with van der Waals surface area (Å²) in [5.41, 5.74) is 1.55. The molecule has 0 bridgehead atoms. The highest BCUT2D eigenvalue weighted by Gasteiger charge is 2.31. The first kappa shape index (κ1) is 26.2. The molecule has 0 radical (unpaired) electrons. The molecule has 0 amide bonds. The summed E-state index contributed by atoms with van der Waals surface area (Å²) in [5.74, 6) is 0.592. The van der Waals surface area contributed by atoms with Crippen molar-refractivity contribution in [1.29, 1.82) is 0 Å². The molecule has 4 aromatic rings. The zero-order valence-corrected chi connectivity index (χ0v) is 21.0. The number of methoxy groups -OCH3 is 1. The molecule has 0 saturated carbocycles. The molecule has 0 aliphatic heterocycles. The van der Waals surface area contributed by atoms with Crippen molar-refractivity contribution in [3.05, 3.63) is 83.9 Å². The number of halogens is 3. The molecule has 4 rings (SSSR count). The summed E-state index contributed by atoms with van der Waals surface area (Å²) in [5, 5.41) is 2.94. The van der Waals surface area contributed by atoms with E-state index in [2.05, 4.69) is 20.0 Å². The molecule has 2 aromatic heterocycles. The number of aryl methyl sites for hydroxylation is 1. The summed E-state index contributed by atoms with van der Waals surface area (Å²) in [4.78, 5) is 8.46. The highest BCUT2D eigenvalue weighted by Crippen LogP contribution is 2.38. The average Bonchev–Trinajstić information content (AvgIpc) is 3.30. The van der Waals surface area contributed by atoms with Gasteiger partial charge in [0.05, 0.1) is 29.6 Å². The van der Waals surface area contributed by atoms with Crippen molar-refractivity contribution < 1.29 is 26.3 Å². The molecule has 0 aliphatic rings. The Morgan fingerprint density at radius 2 is 1.78 bits per heavy atom. The summed E-state index contributed by atoms with van der Waals surface area (Å²) in [6.45, 7) is 0. The maximum Gasteiger partial charge on any atom is 0.416 e. The minimum absolute atomic E-state index is 0.0222. The van der Waals surface area contributed by atoms with Crippen LogP contribution >= 0.6 is 0 Å². The molecule has 0 atom stereocenters. The quantitative estimate of drug-likeness (QED) is 0.341. The van der Waals surface area contributed by atoms with Gasteiger partial charge in [0, 0.05) is 30.7 Å². The van der Waals surface area contributed by atoms with Gasteiger partial charge < -0.3 is 14.6 Å². The second-order valence-electron chi connectivity index (χ2n) is 8.17. The third kappa shape index (κ3) is 5.75. The SMILES string of the molecule is CNS(=O)(=O)c1ccc(Nc2cc(C(F)(F)F)ccn2)c(-c2cn(C)cn2)c1Cc1ccc(OC)cc1. The molecule has 2 N–H and O–H groups in total. The summed E-state index contributed by atoms with van der Waals surface area (Å²) < 4.78 is 75.1. The van der Waals surface area contributed by atoms with Crippen molar-refractivity contribution in [2.45, 2.75) is 17.5 Å². The van der Waals surface area contributed by atoms with Gasteiger partial charge in [-0.25, -0.2) is 23.1 Å². The number of anilines is 2. The van der Waals surface area contributed by atoms with Crippen LogP contribution in [0.3, 0.4) is 0 Å². The summed E-state index contributed by atoms with van der Waals surface area (Å²) >= 11 is 0. The largest absolute Gasteiger partial charge is 0.497 e. The van der Waals surface area contributed by atoms with Crippen LogP contribution in [0.4, 0.5) is 24.7 Å². The van der Waals surface area contributed by atoms with E-state index >= 15 is 0 Å². The van der Waals surface area contributed by atoms with E-state index in [-0.39, 0.29) is 17.1 Å². The molecule has 0 saturated heterocycles. The molecule has 8 nitrogen and oxygen atoms in total. The third-order valence-electron chi connectivity index (χ3n) is 5.68. The zero-order valence-electron chi connectivity index (χ0n) is 20.2. The van der Waals surface area contributed by atoms with Gasteiger partial charge >= 0.3 is 6.18 Å². The molecule has 12 heteroatoms. The van der Waals surface area contributed by atoms with E-state index < -0.39 is 21.8 Å². The fourth-order valence-corrected chi connectivity index (χ4v) is 4.83. The van der Waals surface area contributed by atoms with Crippen LogP contribution < -0.4 is 14.8 Å². The van der Waals surface area contributed by atoms with Gasteiger partial charge in [-0.3, -0.25) is 0 Å². The molecule has 2 heterocycles. The number of aromatic nitrogens is 3. The van der Waals surface area contributed by atoms with Gasteiger partial charge in [-0.05, 0) is 61.0 Å². The Balaban J connectivity index is 1.93. The molecule has 2 aromatic carbocycles. The van der Waals surface area contributed by atoms with Gasteiger partial charge in [-0.1, -0.05) is 12.1 Å². The number of sulfonamides is 1. The maximum atomic E-state index is 13.3. The van der Waals surface area contributed by atoms with Crippen molar-refractivity contribution in [3.63, 3.8) is 0 Å². The molecule has 0 unspecified atom stereocenters. The van der Waals surface area contributed by atoms with E-state index in [1.54, 1.807) is 43.4 Å². The lowest BCUT2D eigenvalue weighted by molar-refractivity contribution is -0.137. The highest BCUT2D eigenvalue weighted by atomic mass is 32.2. The minimum Gasteiger partial charge on any atom is -0.497 e. The van der Waals surface area contributed by atoms with Crippen LogP contribution in [0.25, 0.3) is 11.3 Å². The predicted molar refractivity (Wildman–Crippen MR) is 133 cm³/mol. The van der Waals surface area contributed by atoms with Crippen LogP contribution in [0.15, 0.2) is 72.1 Å². The molecule has 194 valence electrons. The van der Waals surface area contributed by atoms with E-state index in [0.29, 0.717) is 28.3 Å². The topological polar surface area (TPSA) is 98.1 Å². The van der Waals surface area contributed by atoms with Gasteiger partial charge in [0.2, 0.25) is 10.0 Å². The Morgan fingerprint density at radius 1 is 1.05 bits per heavy atom. The average molecular weight is 532 g/mol. The first-order valence-electron chi connectivity index (χ1n) is 11.0. The van der Waals surface area contributed by atoms with Crippen molar-refractivity contribution in [2.24, 2.45) is 7.05 Å². The fraction of sp³-hybridized carbons (Fsp3) is 0.200. The number of pyridine rings is 1. The first-order chi connectivity index (χ1) is 17.5. The van der Waals surface area contributed by atoms with Gasteiger partial charge in [0.1, 0.15) is 11.6 Å². The Bertz CT molecular complexity index is 1520. The Morgan fingerprint density at radius 3 is 2.38 bits per heavy atom. The van der Waals surface area contributed by atoms with Crippen LogP contribution in [0, 0.1) is 0 Å². The lowest BCUT2D eigenvalue weighted by atomic mass is 9.96. The number of benzene rings is 2. The van der Waals surface area contributed by atoms with Crippen LogP contribution in [0.5, 0.6) is 5.75 Å². The molecule has 0 aliphatic carbocycles. The second kappa shape index (κ2) is 10.2. The van der Waals surface area contributed by atoms with Crippen molar-refractivity contribution in [3.8, 4) is 17.0 Å². The Hall–Kier alpha value is -3.90. The van der Waals surface area contributed by atoms with E-state index in [9.17, 15) is 21.6 Å². The van der Waals surface area contributed by atoms with Gasteiger partial charge in [0.25, 0.3) is 0 Å². The standard InChI is InChI=1S/C25H24F3N5O3S/c1-29-37(34,35)22-9-8-20(32-23-13-17(10-11-30-23)25(26,27)28)24(21-14-33(2)15-31-21)19(22)12-16-4-6-18(36-3)7-5-16/h4-11,13-15,29H,12H2,1-3H3,(H,30,32). The Kier molecular flexibility index (Phi) is 7.23. The smallest absolute Gasteiger partial charge is 0.416 e. The van der Waals surface area contributed by atoms with Crippen molar-refractivity contribution in [2.75, 3.05) is 19.5 Å². The first-order valence-corrected chi connectivity index (χ1v) is 12.5. The van der Waals surface area contributed by atoms with Gasteiger partial charge in [-0.2, -0.15) is 13.2 Å². The lowest BCUT2D eigenvalue weighted by Gasteiger charge is -2.19. The number of nitrogens with zero attached hydrogens (tertiary/aromatic N) is 3. The normalized spacial score (nSPS) is 11.9. The highest BCUT2D eigenvalue weighted by molar-refractivity contribution is 7.89. The summed E-state index contributed by atoms with van der Waals surface area (Å²) in [7, 11) is 0.712. The third-order valence-corrected chi connectivity index (χ3v) is 7.18. The van der Waals surface area contributed by atoms with E-state index in [1.807, 2.05) is 12.1 Å². The number of hydrogen-bond acceptors (Lipinski definition) is 6. The summed E-state index contributed by atoms with van der Waals surface area (Å²) in [6, 6.07) is 11.8. The van der Waals surface area contributed by atoms with E-state index in [0.717, 1.165) is 23.9 Å². The number of hydrogen-bond donors (Lipinski definition) is 2. The molecule has 0 fully saturated rings. The number of nitrogens with one attached hydrogen (secondary N) is 2. The van der Waals surface area contributed by atoms with E-state index in [1.165, 1.54) is 19.2 Å². The fourth-order valence-electron chi connectivity index (χ4n) is 3.87. The van der Waals surface area contributed by atoms with Crippen LogP contribution in [0.1, 0.15) is 16.7 Å². The van der Waals surface area contributed by atoms with Crippen molar-refractivity contribution in [1.82, 2.24) is 19.3 Å². The van der Waals surface area contributed by atoms with Crippen molar-refractivity contribution >= 4 is 21.5 Å². The molecule has 0 spiro atoms. The molecular weight excluding hydrogens is 507 g/mol. The lowest BCUT2D eigenvalue weighted by Crippen LogP contribution is -2.21. The number of rotatable bonds is 8. The number of imidazole rings is 1. The van der Waals surface area contributed by atoms with Gasteiger partial charge in [0.15, 0.2) is 0 Å². The molecule has 37 heavy (non-hydrogen) atoms. The predicted octanol–water partition coefficient (Wildman–Crippen LogP) is 4.75. The van der Waals surface area contributed by atoms with Crippen LogP contribution in [0.2, 0.25) is 0 Å². The minimum atomic E-state index is -4.55. The van der Waals surface area contributed by atoms with Crippen LogP contribution in [-0.4, -0.2) is 37.1 Å². The van der Waals surface area contributed by atoms with E-state index in [4.69, 9.17) is 4.74 Å². The maximum absolute atomic E-state index is 13.3. The number of alkyl halides is 3. The van der Waals surface area contributed by atoms with Crippen LogP contribution in [-0.2, 0) is 29.7 Å². The monoisotopic (exact) mass is 531 g/mol. The summed E-state index contributed by atoms with van der Waals surface area (Å²) in [6.07, 6.45) is -0.0414. The van der Waals surface area contributed by atoms with Gasteiger partial charge in [-0.15, -0.1) is 0 Å². The second-order valence-corrected chi connectivity index (χ2v) is 10.0. The number of ether oxygens (including phenoxy) is 1. The zero-order chi connectivity index (χ0) is 26.8.